The average Bonchev–Trinajstić information content (AvgIpc) is 2.15. The fourth-order valence-corrected chi connectivity index (χ4v) is 3.34. The normalized spacial score (nSPS) is 12.7. The molecule has 0 aromatic carbocycles. The number of nitrogens with zero attached hydrogens (tertiary/aromatic N) is 1. The second-order valence-corrected chi connectivity index (χ2v) is 6.62. The summed E-state index contributed by atoms with van der Waals surface area (Å²) in [6, 6.07) is 2.77. The molecule has 0 radical (unpaired) electrons. The van der Waals surface area contributed by atoms with Crippen LogP contribution in [0, 0.1) is 0 Å². The Bertz CT molecular complexity index is 486. The van der Waals surface area contributed by atoms with Crippen LogP contribution in [0.5, 0.6) is 0 Å². The minimum Gasteiger partial charge on any atom is -0.244 e. The Hall–Kier alpha value is -0.650. The summed E-state index contributed by atoms with van der Waals surface area (Å²) in [5.41, 5.74) is -0.469. The molecule has 96 valence electrons. The first-order chi connectivity index (χ1) is 7.77. The topological polar surface area (TPSA) is 59.1 Å². The molecule has 0 saturated heterocycles. The van der Waals surface area contributed by atoms with E-state index >= 15 is 0 Å². The van der Waals surface area contributed by atoms with Crippen molar-refractivity contribution in [1.82, 2.24) is 9.71 Å². The SMILES string of the molecule is CCCC(C)(C)NS(=O)(=O)c1ccnc(Cl)c1. The molecule has 17 heavy (non-hydrogen) atoms. The average molecular weight is 277 g/mol. The van der Waals surface area contributed by atoms with Crippen LogP contribution in [0.25, 0.3) is 0 Å². The molecular weight excluding hydrogens is 260 g/mol. The molecular formula is C11H17ClN2O2S. The maximum absolute atomic E-state index is 12.1. The van der Waals surface area contributed by atoms with Crippen LogP contribution in [0.15, 0.2) is 23.2 Å². The third-order valence-electron chi connectivity index (χ3n) is 2.29. The van der Waals surface area contributed by atoms with Crippen molar-refractivity contribution < 1.29 is 8.42 Å². The van der Waals surface area contributed by atoms with Crippen LogP contribution in [0.2, 0.25) is 5.15 Å². The van der Waals surface area contributed by atoms with Gasteiger partial charge in [0, 0.05) is 11.7 Å². The number of nitrogens with one attached hydrogen (secondary N) is 1. The molecule has 0 aliphatic carbocycles. The van der Waals surface area contributed by atoms with Gasteiger partial charge in [0.25, 0.3) is 0 Å². The molecule has 0 spiro atoms. The number of rotatable bonds is 5. The first kappa shape index (κ1) is 14.4. The molecule has 4 nitrogen and oxygen atoms in total. The van der Waals surface area contributed by atoms with E-state index in [0.717, 1.165) is 12.8 Å². The number of halogens is 1. The maximum Gasteiger partial charge on any atom is 0.241 e. The lowest BCUT2D eigenvalue weighted by Crippen LogP contribution is -2.43. The molecule has 0 unspecified atom stereocenters. The van der Waals surface area contributed by atoms with Crippen molar-refractivity contribution in [3.05, 3.63) is 23.5 Å². The van der Waals surface area contributed by atoms with Gasteiger partial charge in [0.2, 0.25) is 10.0 Å². The fraction of sp³-hybridized carbons (Fsp3) is 0.545. The van der Waals surface area contributed by atoms with Crippen LogP contribution < -0.4 is 4.72 Å². The van der Waals surface area contributed by atoms with Crippen LogP contribution in [0.4, 0.5) is 0 Å². The molecule has 1 N–H and O–H groups in total. The monoisotopic (exact) mass is 276 g/mol. The molecule has 0 aliphatic heterocycles. The van der Waals surface area contributed by atoms with Gasteiger partial charge in [-0.3, -0.25) is 0 Å². The number of hydrogen-bond donors (Lipinski definition) is 1. The van der Waals surface area contributed by atoms with Crippen molar-refractivity contribution in [2.45, 2.75) is 44.0 Å². The van der Waals surface area contributed by atoms with Crippen LogP contribution >= 0.6 is 11.6 Å². The Morgan fingerprint density at radius 2 is 2.12 bits per heavy atom. The van der Waals surface area contributed by atoms with E-state index in [1.54, 1.807) is 0 Å². The minimum absolute atomic E-state index is 0.140. The summed E-state index contributed by atoms with van der Waals surface area (Å²) in [5, 5.41) is 0.168. The van der Waals surface area contributed by atoms with E-state index in [2.05, 4.69) is 9.71 Å². The third kappa shape index (κ3) is 4.26. The highest BCUT2D eigenvalue weighted by Gasteiger charge is 2.25. The van der Waals surface area contributed by atoms with Crippen molar-refractivity contribution in [3.63, 3.8) is 0 Å². The Balaban J connectivity index is 2.97. The highest BCUT2D eigenvalue weighted by molar-refractivity contribution is 7.89. The summed E-state index contributed by atoms with van der Waals surface area (Å²) >= 11 is 5.68. The van der Waals surface area contributed by atoms with Gasteiger partial charge < -0.3 is 0 Å². The summed E-state index contributed by atoms with van der Waals surface area (Å²) in [6.45, 7) is 5.73. The van der Waals surface area contributed by atoms with E-state index in [9.17, 15) is 8.42 Å². The molecule has 0 bridgehead atoms. The lowest BCUT2D eigenvalue weighted by atomic mass is 10.0. The number of pyridine rings is 1. The lowest BCUT2D eigenvalue weighted by molar-refractivity contribution is 0.417. The zero-order valence-corrected chi connectivity index (χ0v) is 11.8. The van der Waals surface area contributed by atoms with Crippen LogP contribution in [-0.2, 0) is 10.0 Å². The fourth-order valence-electron chi connectivity index (χ4n) is 1.65. The molecule has 1 rings (SSSR count). The first-order valence-corrected chi connectivity index (χ1v) is 7.28. The van der Waals surface area contributed by atoms with Crippen LogP contribution in [0.1, 0.15) is 33.6 Å². The summed E-state index contributed by atoms with van der Waals surface area (Å²) in [4.78, 5) is 3.90. The highest BCUT2D eigenvalue weighted by Crippen LogP contribution is 2.18. The van der Waals surface area contributed by atoms with E-state index in [1.807, 2.05) is 20.8 Å². The van der Waals surface area contributed by atoms with Gasteiger partial charge in [0.05, 0.1) is 4.90 Å². The van der Waals surface area contributed by atoms with Crippen molar-refractivity contribution in [3.8, 4) is 0 Å². The number of hydrogen-bond acceptors (Lipinski definition) is 3. The van der Waals surface area contributed by atoms with E-state index in [-0.39, 0.29) is 10.0 Å². The zero-order valence-electron chi connectivity index (χ0n) is 10.2. The third-order valence-corrected chi connectivity index (χ3v) is 4.20. The van der Waals surface area contributed by atoms with E-state index in [1.165, 1.54) is 18.3 Å². The summed E-state index contributed by atoms with van der Waals surface area (Å²) < 4.78 is 26.8. The van der Waals surface area contributed by atoms with Gasteiger partial charge in [-0.05, 0) is 32.4 Å². The molecule has 1 aromatic heterocycles. The van der Waals surface area contributed by atoms with Crippen molar-refractivity contribution in [2.75, 3.05) is 0 Å². The summed E-state index contributed by atoms with van der Waals surface area (Å²) in [7, 11) is -3.54. The Morgan fingerprint density at radius 3 is 2.65 bits per heavy atom. The summed E-state index contributed by atoms with van der Waals surface area (Å²) in [6.07, 6.45) is 3.06. The predicted molar refractivity (Wildman–Crippen MR) is 68.6 cm³/mol. The van der Waals surface area contributed by atoms with Gasteiger partial charge >= 0.3 is 0 Å². The smallest absolute Gasteiger partial charge is 0.241 e. The van der Waals surface area contributed by atoms with Gasteiger partial charge in [-0.15, -0.1) is 0 Å². The van der Waals surface area contributed by atoms with E-state index < -0.39 is 15.6 Å². The highest BCUT2D eigenvalue weighted by atomic mass is 35.5. The zero-order chi connectivity index (χ0) is 13.1. The van der Waals surface area contributed by atoms with Gasteiger partial charge in [-0.1, -0.05) is 24.9 Å². The standard InChI is InChI=1S/C11H17ClN2O2S/c1-4-6-11(2,3)14-17(15,16)9-5-7-13-10(12)8-9/h5,7-8,14H,4,6H2,1-3H3. The van der Waals surface area contributed by atoms with Gasteiger partial charge in [0.1, 0.15) is 5.15 Å². The second-order valence-electron chi connectivity index (χ2n) is 4.55. The van der Waals surface area contributed by atoms with Crippen molar-refractivity contribution in [1.29, 1.82) is 0 Å². The van der Waals surface area contributed by atoms with Crippen molar-refractivity contribution in [2.24, 2.45) is 0 Å². The van der Waals surface area contributed by atoms with Gasteiger partial charge in [-0.2, -0.15) is 0 Å². The van der Waals surface area contributed by atoms with Crippen LogP contribution in [-0.4, -0.2) is 18.9 Å². The molecule has 1 heterocycles. The molecule has 6 heteroatoms. The number of aromatic nitrogens is 1. The predicted octanol–water partition coefficient (Wildman–Crippen LogP) is 2.59. The molecule has 1 aromatic rings. The van der Waals surface area contributed by atoms with Crippen molar-refractivity contribution >= 4 is 21.6 Å². The largest absolute Gasteiger partial charge is 0.244 e. The quantitative estimate of drug-likeness (QED) is 0.841. The van der Waals surface area contributed by atoms with Gasteiger partial charge in [0.15, 0.2) is 0 Å². The molecule has 0 saturated carbocycles. The Morgan fingerprint density at radius 1 is 1.47 bits per heavy atom. The summed E-state index contributed by atoms with van der Waals surface area (Å²) in [5.74, 6) is 0. The Labute approximate surface area is 107 Å². The molecule has 0 fully saturated rings. The van der Waals surface area contributed by atoms with E-state index in [0.29, 0.717) is 0 Å². The molecule has 0 aliphatic rings. The lowest BCUT2D eigenvalue weighted by Gasteiger charge is -2.25. The van der Waals surface area contributed by atoms with E-state index in [4.69, 9.17) is 11.6 Å². The number of sulfonamides is 1. The van der Waals surface area contributed by atoms with Gasteiger partial charge in [-0.25, -0.2) is 18.1 Å². The van der Waals surface area contributed by atoms with Crippen LogP contribution in [0.3, 0.4) is 0 Å². The minimum atomic E-state index is -3.54. The first-order valence-electron chi connectivity index (χ1n) is 5.42. The maximum atomic E-state index is 12.1. The Kier molecular flexibility index (Phi) is 4.52. The molecule has 0 amide bonds. The second kappa shape index (κ2) is 5.33. The molecule has 0 atom stereocenters.